The molecule has 4 heteroatoms. The molecule has 0 saturated heterocycles. The summed E-state index contributed by atoms with van der Waals surface area (Å²) in [6.45, 7) is 0. The van der Waals surface area contributed by atoms with E-state index in [4.69, 9.17) is 37.9 Å². The van der Waals surface area contributed by atoms with Gasteiger partial charge in [0.05, 0.1) is 0 Å². The second-order valence-corrected chi connectivity index (χ2v) is 5.35. The topological polar surface area (TPSA) is 0 Å². The van der Waals surface area contributed by atoms with E-state index < -0.39 is 0 Å². The van der Waals surface area contributed by atoms with Crippen LogP contribution in [-0.2, 0) is 70.6 Å². The maximum atomic E-state index is 4.81. The monoisotopic (exact) mass is 416 g/mol. The Labute approximate surface area is 174 Å². The zero-order chi connectivity index (χ0) is 15.3. The summed E-state index contributed by atoms with van der Waals surface area (Å²) in [7, 11) is 0. The molecule has 0 N–H and O–H groups in total. The fourth-order valence-electron chi connectivity index (χ4n) is 1.26. The SMILES string of the molecule is [S-]c1ccccc1.[S-]c1ccccc1.[S-]c1ccccc1.[Y+3]. The van der Waals surface area contributed by atoms with E-state index in [9.17, 15) is 0 Å². The second-order valence-electron chi connectivity index (χ2n) is 3.94. The van der Waals surface area contributed by atoms with Crippen LogP contribution in [0.5, 0.6) is 0 Å². The molecule has 0 fully saturated rings. The molecule has 0 aliphatic heterocycles. The molecule has 0 amide bonds. The molecule has 0 aliphatic carbocycles. The summed E-state index contributed by atoms with van der Waals surface area (Å²) in [5.74, 6) is 0. The minimum atomic E-state index is 0. The van der Waals surface area contributed by atoms with Crippen LogP contribution >= 0.6 is 0 Å². The van der Waals surface area contributed by atoms with Gasteiger partial charge in [-0.3, -0.25) is 0 Å². The van der Waals surface area contributed by atoms with E-state index in [0.717, 1.165) is 14.7 Å². The molecule has 108 valence electrons. The summed E-state index contributed by atoms with van der Waals surface area (Å²) in [5, 5.41) is 0. The predicted octanol–water partition coefficient (Wildman–Crippen LogP) is 4.77. The van der Waals surface area contributed by atoms with Gasteiger partial charge in [0.15, 0.2) is 0 Å². The normalized spacial score (nSPS) is 8.18. The fraction of sp³-hybridized carbons (Fsp3) is 0. The van der Waals surface area contributed by atoms with Crippen molar-refractivity contribution in [3.05, 3.63) is 91.0 Å². The van der Waals surface area contributed by atoms with Gasteiger partial charge in [0, 0.05) is 0 Å². The number of rotatable bonds is 0. The molecular formula is C18H15S3Y. The van der Waals surface area contributed by atoms with Gasteiger partial charge in [0.1, 0.15) is 0 Å². The van der Waals surface area contributed by atoms with Gasteiger partial charge >= 0.3 is 32.7 Å². The van der Waals surface area contributed by atoms with E-state index in [1.807, 2.05) is 91.0 Å². The van der Waals surface area contributed by atoms with Gasteiger partial charge in [0.2, 0.25) is 0 Å². The molecule has 0 bridgehead atoms. The summed E-state index contributed by atoms with van der Waals surface area (Å²) in [6, 6.07) is 28.8. The van der Waals surface area contributed by atoms with Crippen LogP contribution < -0.4 is 0 Å². The summed E-state index contributed by atoms with van der Waals surface area (Å²) in [5.41, 5.74) is 0. The molecule has 22 heavy (non-hydrogen) atoms. The van der Waals surface area contributed by atoms with E-state index in [2.05, 4.69) is 0 Å². The Hall–Kier alpha value is -0.576. The Balaban J connectivity index is 0.000000294. The van der Waals surface area contributed by atoms with Crippen molar-refractivity contribution in [2.75, 3.05) is 0 Å². The molecule has 0 aromatic heterocycles. The van der Waals surface area contributed by atoms with Gasteiger partial charge in [-0.15, -0.1) is 0 Å². The molecule has 0 radical (unpaired) electrons. The molecule has 0 atom stereocenters. The van der Waals surface area contributed by atoms with E-state index in [1.54, 1.807) is 0 Å². The molecule has 3 rings (SSSR count). The van der Waals surface area contributed by atoms with Crippen LogP contribution in [0.15, 0.2) is 106 Å². The van der Waals surface area contributed by atoms with E-state index in [0.29, 0.717) is 0 Å². The third-order valence-corrected chi connectivity index (χ3v) is 3.05. The van der Waals surface area contributed by atoms with Crippen molar-refractivity contribution in [3.8, 4) is 0 Å². The maximum absolute atomic E-state index is 4.81. The molecule has 0 saturated carbocycles. The summed E-state index contributed by atoms with van der Waals surface area (Å²) >= 11 is 14.4. The first-order valence-corrected chi connectivity index (χ1v) is 7.57. The summed E-state index contributed by atoms with van der Waals surface area (Å²) in [4.78, 5) is 2.72. The minimum absolute atomic E-state index is 0. The zero-order valence-electron chi connectivity index (χ0n) is 12.0. The largest absolute Gasteiger partial charge is 3.00 e. The minimum Gasteiger partial charge on any atom is -0.780 e. The van der Waals surface area contributed by atoms with Crippen LogP contribution in [0, 0.1) is 0 Å². The van der Waals surface area contributed by atoms with Crippen molar-refractivity contribution >= 4 is 37.9 Å². The summed E-state index contributed by atoms with van der Waals surface area (Å²) < 4.78 is 0. The van der Waals surface area contributed by atoms with Crippen LogP contribution in [0.4, 0.5) is 0 Å². The van der Waals surface area contributed by atoms with Crippen molar-refractivity contribution in [1.29, 1.82) is 0 Å². The molecule has 0 nitrogen and oxygen atoms in total. The summed E-state index contributed by atoms with van der Waals surface area (Å²) in [6.07, 6.45) is 0. The van der Waals surface area contributed by atoms with Crippen LogP contribution in [-0.4, -0.2) is 0 Å². The molecule has 0 aliphatic rings. The maximum Gasteiger partial charge on any atom is 3.00 e. The first-order valence-electron chi connectivity index (χ1n) is 6.34. The van der Waals surface area contributed by atoms with Gasteiger partial charge in [-0.2, -0.15) is 14.7 Å². The van der Waals surface area contributed by atoms with Crippen molar-refractivity contribution in [3.63, 3.8) is 0 Å². The Kier molecular flexibility index (Phi) is 13.7. The number of hydrogen-bond acceptors (Lipinski definition) is 3. The first-order chi connectivity index (χ1) is 10.2. The standard InChI is InChI=1S/3C6H6S.Y/c3*7-6-4-2-1-3-5-6;/h3*1-5,7H;/q;;;+3/p-3. The van der Waals surface area contributed by atoms with Crippen LogP contribution in [0.2, 0.25) is 0 Å². The van der Waals surface area contributed by atoms with Gasteiger partial charge in [-0.05, 0) is 0 Å². The Morgan fingerprint density at radius 1 is 0.364 bits per heavy atom. The van der Waals surface area contributed by atoms with Gasteiger partial charge < -0.3 is 37.9 Å². The molecule has 3 aromatic rings. The fourth-order valence-corrected chi connectivity index (χ4v) is 1.73. The van der Waals surface area contributed by atoms with Crippen molar-refractivity contribution in [1.82, 2.24) is 0 Å². The molecule has 3 aromatic carbocycles. The Morgan fingerprint density at radius 3 is 0.636 bits per heavy atom. The molecule has 0 unspecified atom stereocenters. The zero-order valence-corrected chi connectivity index (χ0v) is 17.3. The van der Waals surface area contributed by atoms with Crippen LogP contribution in [0.1, 0.15) is 0 Å². The average Bonchev–Trinajstić information content (AvgIpc) is 2.51. The van der Waals surface area contributed by atoms with Gasteiger partial charge in [-0.1, -0.05) is 91.0 Å². The van der Waals surface area contributed by atoms with Gasteiger partial charge in [-0.25, -0.2) is 0 Å². The third kappa shape index (κ3) is 12.0. The molecule has 0 heterocycles. The quantitative estimate of drug-likeness (QED) is 0.485. The van der Waals surface area contributed by atoms with Gasteiger partial charge in [0.25, 0.3) is 0 Å². The van der Waals surface area contributed by atoms with Crippen LogP contribution in [0.3, 0.4) is 0 Å². The Bertz CT molecular complexity index is 497. The molecule has 0 spiro atoms. The van der Waals surface area contributed by atoms with Crippen LogP contribution in [0.25, 0.3) is 0 Å². The average molecular weight is 416 g/mol. The first kappa shape index (κ1) is 21.4. The van der Waals surface area contributed by atoms with Crippen molar-refractivity contribution < 1.29 is 32.7 Å². The van der Waals surface area contributed by atoms with E-state index >= 15 is 0 Å². The van der Waals surface area contributed by atoms with Crippen molar-refractivity contribution in [2.24, 2.45) is 0 Å². The number of hydrogen-bond donors (Lipinski definition) is 0. The number of benzene rings is 3. The van der Waals surface area contributed by atoms with E-state index in [1.165, 1.54) is 0 Å². The second kappa shape index (κ2) is 14.0. The van der Waals surface area contributed by atoms with Crippen molar-refractivity contribution in [2.45, 2.75) is 14.7 Å². The Morgan fingerprint density at radius 2 is 0.545 bits per heavy atom. The smallest absolute Gasteiger partial charge is 0.780 e. The van der Waals surface area contributed by atoms with E-state index in [-0.39, 0.29) is 32.7 Å². The molecular weight excluding hydrogens is 401 g/mol. The predicted molar refractivity (Wildman–Crippen MR) is 96.2 cm³/mol. The third-order valence-electron chi connectivity index (χ3n) is 2.23.